The van der Waals surface area contributed by atoms with Crippen LogP contribution in [0.3, 0.4) is 0 Å². The van der Waals surface area contributed by atoms with Gasteiger partial charge in [0.2, 0.25) is 0 Å². The molecule has 0 spiro atoms. The van der Waals surface area contributed by atoms with Gasteiger partial charge in [-0.1, -0.05) is 165 Å². The van der Waals surface area contributed by atoms with Gasteiger partial charge < -0.3 is 14.2 Å². The van der Waals surface area contributed by atoms with Gasteiger partial charge in [-0.3, -0.25) is 14.4 Å². The maximum absolute atomic E-state index is 12.4. The fourth-order valence-electron chi connectivity index (χ4n) is 5.41. The topological polar surface area (TPSA) is 78.9 Å². The van der Waals surface area contributed by atoms with E-state index in [9.17, 15) is 14.4 Å². The second-order valence-electron chi connectivity index (χ2n) is 13.5. The molecule has 51 heavy (non-hydrogen) atoms. The van der Waals surface area contributed by atoms with Crippen LogP contribution >= 0.6 is 0 Å². The van der Waals surface area contributed by atoms with Gasteiger partial charge in [0.1, 0.15) is 13.2 Å². The zero-order valence-electron chi connectivity index (χ0n) is 33.1. The standard InChI is InChI=1S/C45H76O6/c1-4-7-10-13-14-15-16-17-18-19-20-21-22-23-24-25-26-27-28-29-30-33-35-38-44(47)50-41-42(51-45(48)39-36-32-12-9-6-3)40-49-43(46)37-34-31-11-8-5-2/h7,10,14-15,17-18,20-21,23-24,42H,4-6,8-9,11-13,16,19,22,25-41H2,1-3H3/b10-7-,15-14-,18-17-,21-20-,24-23-. The largest absolute Gasteiger partial charge is 0.462 e. The lowest BCUT2D eigenvalue weighted by atomic mass is 10.1. The Balaban J connectivity index is 4.04. The normalized spacial score (nSPS) is 12.6. The van der Waals surface area contributed by atoms with Gasteiger partial charge >= 0.3 is 17.9 Å². The van der Waals surface area contributed by atoms with Gasteiger partial charge in [0.05, 0.1) is 0 Å². The van der Waals surface area contributed by atoms with E-state index in [4.69, 9.17) is 14.2 Å². The Labute approximate surface area is 313 Å². The summed E-state index contributed by atoms with van der Waals surface area (Å²) in [6.07, 6.45) is 47.0. The van der Waals surface area contributed by atoms with Crippen LogP contribution in [-0.4, -0.2) is 37.2 Å². The number of hydrogen-bond donors (Lipinski definition) is 0. The lowest BCUT2D eigenvalue weighted by Gasteiger charge is -2.18. The first-order chi connectivity index (χ1) is 25.0. The van der Waals surface area contributed by atoms with Gasteiger partial charge in [-0.05, 0) is 64.2 Å². The smallest absolute Gasteiger partial charge is 0.306 e. The summed E-state index contributed by atoms with van der Waals surface area (Å²) >= 11 is 0. The van der Waals surface area contributed by atoms with E-state index < -0.39 is 6.10 Å². The number of ether oxygens (including phenoxy) is 3. The molecule has 292 valence electrons. The number of carbonyl (C=O) groups excluding carboxylic acids is 3. The van der Waals surface area contributed by atoms with Crippen molar-refractivity contribution < 1.29 is 28.6 Å². The van der Waals surface area contributed by atoms with Gasteiger partial charge in [0.15, 0.2) is 6.10 Å². The Bertz CT molecular complexity index is 960. The summed E-state index contributed by atoms with van der Waals surface area (Å²) in [5, 5.41) is 0. The molecule has 0 fully saturated rings. The van der Waals surface area contributed by atoms with Crippen molar-refractivity contribution in [1.82, 2.24) is 0 Å². The molecule has 1 atom stereocenters. The summed E-state index contributed by atoms with van der Waals surface area (Å²) in [6, 6.07) is 0. The van der Waals surface area contributed by atoms with E-state index in [1.807, 2.05) is 0 Å². The Morgan fingerprint density at radius 3 is 1.20 bits per heavy atom. The number of allylic oxidation sites excluding steroid dienone is 10. The van der Waals surface area contributed by atoms with E-state index in [2.05, 4.69) is 81.5 Å². The fourth-order valence-corrected chi connectivity index (χ4v) is 5.41. The molecule has 1 unspecified atom stereocenters. The van der Waals surface area contributed by atoms with Crippen LogP contribution in [0.1, 0.15) is 188 Å². The van der Waals surface area contributed by atoms with Crippen LogP contribution in [0.25, 0.3) is 0 Å². The van der Waals surface area contributed by atoms with Crippen molar-refractivity contribution in [2.75, 3.05) is 13.2 Å². The third kappa shape index (κ3) is 38.2. The van der Waals surface area contributed by atoms with E-state index in [1.165, 1.54) is 32.1 Å². The van der Waals surface area contributed by atoms with E-state index in [0.717, 1.165) is 116 Å². The predicted octanol–water partition coefficient (Wildman–Crippen LogP) is 13.0. The molecule has 0 aromatic heterocycles. The first kappa shape index (κ1) is 48.1. The second-order valence-corrected chi connectivity index (χ2v) is 13.5. The summed E-state index contributed by atoms with van der Waals surface area (Å²) in [5.41, 5.74) is 0. The van der Waals surface area contributed by atoms with Crippen molar-refractivity contribution in [2.45, 2.75) is 194 Å². The van der Waals surface area contributed by atoms with Crippen LogP contribution in [0.4, 0.5) is 0 Å². The molecule has 0 aromatic rings. The van der Waals surface area contributed by atoms with Crippen LogP contribution < -0.4 is 0 Å². The summed E-state index contributed by atoms with van der Waals surface area (Å²) in [7, 11) is 0. The highest BCUT2D eigenvalue weighted by atomic mass is 16.6. The van der Waals surface area contributed by atoms with Gasteiger partial charge in [0.25, 0.3) is 0 Å². The number of unbranched alkanes of at least 4 members (excludes halogenated alkanes) is 15. The van der Waals surface area contributed by atoms with Crippen molar-refractivity contribution in [3.8, 4) is 0 Å². The molecule has 0 bridgehead atoms. The maximum atomic E-state index is 12.4. The van der Waals surface area contributed by atoms with Crippen molar-refractivity contribution in [1.29, 1.82) is 0 Å². The van der Waals surface area contributed by atoms with Crippen LogP contribution in [0.2, 0.25) is 0 Å². The molecule has 0 aliphatic rings. The molecule has 6 heteroatoms. The first-order valence-corrected chi connectivity index (χ1v) is 20.8. The lowest BCUT2D eigenvalue weighted by molar-refractivity contribution is -0.167. The lowest BCUT2D eigenvalue weighted by Crippen LogP contribution is -2.30. The third-order valence-electron chi connectivity index (χ3n) is 8.54. The fraction of sp³-hybridized carbons (Fsp3) is 0.711. The quantitative estimate of drug-likeness (QED) is 0.0278. The van der Waals surface area contributed by atoms with Crippen molar-refractivity contribution in [3.05, 3.63) is 60.8 Å². The molecule has 6 nitrogen and oxygen atoms in total. The number of carbonyl (C=O) groups is 3. The zero-order valence-corrected chi connectivity index (χ0v) is 33.1. The maximum Gasteiger partial charge on any atom is 0.306 e. The van der Waals surface area contributed by atoms with Gasteiger partial charge in [0, 0.05) is 19.3 Å². The van der Waals surface area contributed by atoms with Crippen LogP contribution in [0, 0.1) is 0 Å². The van der Waals surface area contributed by atoms with Crippen LogP contribution in [0.15, 0.2) is 60.8 Å². The summed E-state index contributed by atoms with van der Waals surface area (Å²) < 4.78 is 16.4. The molecule has 0 amide bonds. The summed E-state index contributed by atoms with van der Waals surface area (Å²) in [5.74, 6) is -0.927. The molecule has 0 heterocycles. The molecule has 0 saturated carbocycles. The van der Waals surface area contributed by atoms with Crippen LogP contribution in [-0.2, 0) is 28.6 Å². The molecule has 0 rings (SSSR count). The number of rotatable bonds is 36. The van der Waals surface area contributed by atoms with Crippen molar-refractivity contribution >= 4 is 17.9 Å². The van der Waals surface area contributed by atoms with E-state index in [-0.39, 0.29) is 31.1 Å². The molecule has 0 aliphatic carbocycles. The average Bonchev–Trinajstić information content (AvgIpc) is 3.12. The molecule has 0 aromatic carbocycles. The second kappa shape index (κ2) is 39.9. The Hall–Kier alpha value is -2.89. The van der Waals surface area contributed by atoms with Gasteiger partial charge in [-0.25, -0.2) is 0 Å². The Kier molecular flexibility index (Phi) is 37.6. The van der Waals surface area contributed by atoms with E-state index >= 15 is 0 Å². The van der Waals surface area contributed by atoms with Crippen molar-refractivity contribution in [2.24, 2.45) is 0 Å². The highest BCUT2D eigenvalue weighted by Crippen LogP contribution is 2.12. The average molecular weight is 713 g/mol. The van der Waals surface area contributed by atoms with Crippen molar-refractivity contribution in [3.63, 3.8) is 0 Å². The Morgan fingerprint density at radius 2 is 0.765 bits per heavy atom. The monoisotopic (exact) mass is 713 g/mol. The molecule has 0 aliphatic heterocycles. The minimum absolute atomic E-state index is 0.0796. The minimum Gasteiger partial charge on any atom is -0.462 e. The number of hydrogen-bond acceptors (Lipinski definition) is 6. The zero-order chi connectivity index (χ0) is 37.3. The molecular formula is C45H76O6. The van der Waals surface area contributed by atoms with E-state index in [0.29, 0.717) is 19.3 Å². The number of esters is 3. The van der Waals surface area contributed by atoms with Gasteiger partial charge in [-0.15, -0.1) is 0 Å². The molecule has 0 saturated heterocycles. The predicted molar refractivity (Wildman–Crippen MR) is 215 cm³/mol. The minimum atomic E-state index is -0.768. The van der Waals surface area contributed by atoms with Crippen LogP contribution in [0.5, 0.6) is 0 Å². The van der Waals surface area contributed by atoms with E-state index in [1.54, 1.807) is 0 Å². The molecule has 0 N–H and O–H groups in total. The third-order valence-corrected chi connectivity index (χ3v) is 8.54. The highest BCUT2D eigenvalue weighted by molar-refractivity contribution is 5.71. The Morgan fingerprint density at radius 1 is 0.412 bits per heavy atom. The SMILES string of the molecule is CC/C=C\C/C=C\C/C=C\C/C=C\C/C=C\CCCCCCCCCC(=O)OCC(COC(=O)CCCCCCC)OC(=O)CCCCCCC. The first-order valence-electron chi connectivity index (χ1n) is 20.8. The molecule has 0 radical (unpaired) electrons. The summed E-state index contributed by atoms with van der Waals surface area (Å²) in [4.78, 5) is 37.0. The summed E-state index contributed by atoms with van der Waals surface area (Å²) in [6.45, 7) is 6.31. The van der Waals surface area contributed by atoms with Gasteiger partial charge in [-0.2, -0.15) is 0 Å². The molecular weight excluding hydrogens is 636 g/mol. The highest BCUT2D eigenvalue weighted by Gasteiger charge is 2.19.